The molecule has 5 nitrogen and oxygen atoms in total. The second-order valence-electron chi connectivity index (χ2n) is 5.36. The van der Waals surface area contributed by atoms with E-state index < -0.39 is 0 Å². The predicted octanol–water partition coefficient (Wildman–Crippen LogP) is 3.73. The van der Waals surface area contributed by atoms with E-state index in [9.17, 15) is 9.18 Å². The number of imidazole rings is 1. The molecule has 124 valence electrons. The standard InChI is InChI=1S/C17H16ClFN4O/c1-23-15-10-12(19)4-7-14(15)22-16(23)8-9-20-17(24)21-13-5-2-11(18)3-6-13/h2-7,10H,8-9H2,1H3,(H2,20,21,24). The number of anilines is 1. The van der Waals surface area contributed by atoms with Crippen LogP contribution in [0, 0.1) is 5.82 Å². The molecule has 1 heterocycles. The molecule has 2 aromatic carbocycles. The Morgan fingerprint density at radius 2 is 2.00 bits per heavy atom. The summed E-state index contributed by atoms with van der Waals surface area (Å²) in [5.41, 5.74) is 2.13. The van der Waals surface area contributed by atoms with E-state index in [-0.39, 0.29) is 11.8 Å². The van der Waals surface area contributed by atoms with E-state index in [1.54, 1.807) is 30.3 Å². The maximum absolute atomic E-state index is 13.3. The first-order valence-electron chi connectivity index (χ1n) is 7.44. The maximum Gasteiger partial charge on any atom is 0.319 e. The van der Waals surface area contributed by atoms with Crippen molar-refractivity contribution in [2.24, 2.45) is 7.05 Å². The van der Waals surface area contributed by atoms with E-state index in [4.69, 9.17) is 11.6 Å². The van der Waals surface area contributed by atoms with E-state index in [0.717, 1.165) is 16.9 Å². The highest BCUT2D eigenvalue weighted by Crippen LogP contribution is 2.16. The van der Waals surface area contributed by atoms with Gasteiger partial charge in [-0.05, 0) is 42.5 Å². The molecular weight excluding hydrogens is 331 g/mol. The number of rotatable bonds is 4. The van der Waals surface area contributed by atoms with Crippen LogP contribution >= 0.6 is 11.6 Å². The van der Waals surface area contributed by atoms with Gasteiger partial charge in [0.1, 0.15) is 11.6 Å². The lowest BCUT2D eigenvalue weighted by molar-refractivity contribution is 0.252. The largest absolute Gasteiger partial charge is 0.337 e. The maximum atomic E-state index is 13.3. The molecule has 0 spiro atoms. The third-order valence-electron chi connectivity index (χ3n) is 3.67. The first kappa shape index (κ1) is 16.3. The van der Waals surface area contributed by atoms with Gasteiger partial charge in [-0.25, -0.2) is 14.2 Å². The summed E-state index contributed by atoms with van der Waals surface area (Å²) in [6, 6.07) is 11.0. The van der Waals surface area contributed by atoms with Gasteiger partial charge in [0, 0.05) is 30.7 Å². The van der Waals surface area contributed by atoms with E-state index in [1.165, 1.54) is 12.1 Å². The second-order valence-corrected chi connectivity index (χ2v) is 5.79. The average molecular weight is 347 g/mol. The number of carbonyl (C=O) groups is 1. The van der Waals surface area contributed by atoms with Gasteiger partial charge >= 0.3 is 6.03 Å². The van der Waals surface area contributed by atoms with Crippen LogP contribution in [0.3, 0.4) is 0 Å². The lowest BCUT2D eigenvalue weighted by Crippen LogP contribution is -2.30. The van der Waals surface area contributed by atoms with Gasteiger partial charge in [0.15, 0.2) is 0 Å². The summed E-state index contributed by atoms with van der Waals surface area (Å²) in [5.74, 6) is 0.486. The minimum Gasteiger partial charge on any atom is -0.337 e. The van der Waals surface area contributed by atoms with Crippen LogP contribution in [-0.2, 0) is 13.5 Å². The minimum atomic E-state index is -0.304. The topological polar surface area (TPSA) is 59.0 Å². The average Bonchev–Trinajstić information content (AvgIpc) is 2.86. The molecule has 0 saturated heterocycles. The number of aromatic nitrogens is 2. The third kappa shape index (κ3) is 3.65. The molecule has 3 aromatic rings. The molecule has 0 fully saturated rings. The van der Waals surface area contributed by atoms with Crippen LogP contribution in [0.5, 0.6) is 0 Å². The van der Waals surface area contributed by atoms with Gasteiger partial charge in [0.25, 0.3) is 0 Å². The Morgan fingerprint density at radius 1 is 1.25 bits per heavy atom. The molecule has 0 bridgehead atoms. The Kier molecular flexibility index (Phi) is 4.66. The number of hydrogen-bond acceptors (Lipinski definition) is 2. The Bertz CT molecular complexity index is 876. The summed E-state index contributed by atoms with van der Waals surface area (Å²) < 4.78 is 15.1. The van der Waals surface area contributed by atoms with Gasteiger partial charge in [-0.2, -0.15) is 0 Å². The van der Waals surface area contributed by atoms with Crippen LogP contribution in [0.1, 0.15) is 5.82 Å². The number of amides is 2. The van der Waals surface area contributed by atoms with Gasteiger partial charge in [0.05, 0.1) is 11.0 Å². The summed E-state index contributed by atoms with van der Waals surface area (Å²) in [5, 5.41) is 6.10. The summed E-state index contributed by atoms with van der Waals surface area (Å²) in [7, 11) is 1.83. The lowest BCUT2D eigenvalue weighted by Gasteiger charge is -2.08. The Labute approximate surface area is 143 Å². The second kappa shape index (κ2) is 6.88. The number of halogens is 2. The molecule has 1 aromatic heterocycles. The molecular formula is C17H16ClFN4O. The zero-order valence-electron chi connectivity index (χ0n) is 13.0. The molecule has 2 amide bonds. The Balaban J connectivity index is 1.57. The minimum absolute atomic E-state index is 0.294. The quantitative estimate of drug-likeness (QED) is 0.756. The molecule has 0 unspecified atom stereocenters. The fourth-order valence-corrected chi connectivity index (χ4v) is 2.56. The lowest BCUT2D eigenvalue weighted by atomic mass is 10.3. The monoisotopic (exact) mass is 346 g/mol. The fraction of sp³-hybridized carbons (Fsp3) is 0.176. The van der Waals surface area contributed by atoms with Crippen LogP contribution in [0.15, 0.2) is 42.5 Å². The van der Waals surface area contributed by atoms with Crippen molar-refractivity contribution in [1.29, 1.82) is 0 Å². The smallest absolute Gasteiger partial charge is 0.319 e. The molecule has 0 aliphatic carbocycles. The zero-order chi connectivity index (χ0) is 17.1. The van der Waals surface area contributed by atoms with Crippen molar-refractivity contribution in [3.05, 3.63) is 59.1 Å². The Hall–Kier alpha value is -2.60. The highest BCUT2D eigenvalue weighted by atomic mass is 35.5. The number of nitrogens with zero attached hydrogens (tertiary/aromatic N) is 2. The summed E-state index contributed by atoms with van der Waals surface area (Å²) in [4.78, 5) is 16.3. The first-order valence-corrected chi connectivity index (χ1v) is 7.82. The van der Waals surface area contributed by atoms with Crippen molar-refractivity contribution in [3.63, 3.8) is 0 Å². The van der Waals surface area contributed by atoms with Crippen LogP contribution in [0.25, 0.3) is 11.0 Å². The van der Waals surface area contributed by atoms with Crippen LogP contribution in [-0.4, -0.2) is 22.1 Å². The van der Waals surface area contributed by atoms with E-state index in [0.29, 0.717) is 23.7 Å². The van der Waals surface area contributed by atoms with E-state index in [2.05, 4.69) is 15.6 Å². The molecule has 0 atom stereocenters. The predicted molar refractivity (Wildman–Crippen MR) is 92.8 cm³/mol. The summed E-state index contributed by atoms with van der Waals surface area (Å²) in [6.07, 6.45) is 0.542. The van der Waals surface area contributed by atoms with Crippen molar-refractivity contribution in [2.45, 2.75) is 6.42 Å². The third-order valence-corrected chi connectivity index (χ3v) is 3.92. The highest BCUT2D eigenvalue weighted by molar-refractivity contribution is 6.30. The molecule has 0 aliphatic heterocycles. The van der Waals surface area contributed by atoms with Gasteiger partial charge in [-0.15, -0.1) is 0 Å². The molecule has 24 heavy (non-hydrogen) atoms. The van der Waals surface area contributed by atoms with Crippen molar-refractivity contribution < 1.29 is 9.18 Å². The number of fused-ring (bicyclic) bond motifs is 1. The summed E-state index contributed by atoms with van der Waals surface area (Å²) in [6.45, 7) is 0.416. The first-order chi connectivity index (χ1) is 11.5. The highest BCUT2D eigenvalue weighted by Gasteiger charge is 2.09. The molecule has 3 rings (SSSR count). The molecule has 2 N–H and O–H groups in total. The number of benzene rings is 2. The molecule has 7 heteroatoms. The number of urea groups is 1. The summed E-state index contributed by atoms with van der Waals surface area (Å²) >= 11 is 5.80. The SMILES string of the molecule is Cn1c(CCNC(=O)Nc2ccc(Cl)cc2)nc2ccc(F)cc21. The Morgan fingerprint density at radius 3 is 2.75 bits per heavy atom. The molecule has 0 aliphatic rings. The van der Waals surface area contributed by atoms with Gasteiger partial charge in [0.2, 0.25) is 0 Å². The van der Waals surface area contributed by atoms with Crippen molar-refractivity contribution in [1.82, 2.24) is 14.9 Å². The van der Waals surface area contributed by atoms with Crippen LogP contribution in [0.4, 0.5) is 14.9 Å². The zero-order valence-corrected chi connectivity index (χ0v) is 13.8. The fourth-order valence-electron chi connectivity index (χ4n) is 2.43. The van der Waals surface area contributed by atoms with E-state index >= 15 is 0 Å². The van der Waals surface area contributed by atoms with Gasteiger partial charge in [-0.1, -0.05) is 11.6 Å². The number of aryl methyl sites for hydroxylation is 1. The number of nitrogens with one attached hydrogen (secondary N) is 2. The number of hydrogen-bond donors (Lipinski definition) is 2. The van der Waals surface area contributed by atoms with Crippen LogP contribution < -0.4 is 10.6 Å². The van der Waals surface area contributed by atoms with Gasteiger partial charge in [-0.3, -0.25) is 0 Å². The molecule has 0 saturated carbocycles. The normalized spacial score (nSPS) is 10.8. The van der Waals surface area contributed by atoms with Crippen molar-refractivity contribution in [2.75, 3.05) is 11.9 Å². The molecule has 0 radical (unpaired) electrons. The van der Waals surface area contributed by atoms with Crippen molar-refractivity contribution >= 4 is 34.4 Å². The van der Waals surface area contributed by atoms with Crippen molar-refractivity contribution in [3.8, 4) is 0 Å². The number of carbonyl (C=O) groups excluding carboxylic acids is 1. The van der Waals surface area contributed by atoms with Gasteiger partial charge < -0.3 is 15.2 Å². The van der Waals surface area contributed by atoms with Crippen LogP contribution in [0.2, 0.25) is 5.02 Å². The van der Waals surface area contributed by atoms with E-state index in [1.807, 2.05) is 11.6 Å².